The van der Waals surface area contributed by atoms with E-state index in [9.17, 15) is 0 Å². The van der Waals surface area contributed by atoms with Crippen LogP contribution < -0.4 is 0 Å². The van der Waals surface area contributed by atoms with Crippen LogP contribution in [0.1, 0.15) is 37.9 Å². The fourth-order valence-corrected chi connectivity index (χ4v) is 8.06. The molecule has 0 unspecified atom stereocenters. The minimum absolute atomic E-state index is 0.346. The Hall–Kier alpha value is -7.37. The third-order valence-corrected chi connectivity index (χ3v) is 11.3. The van der Waals surface area contributed by atoms with Gasteiger partial charge < -0.3 is 0 Å². The number of aryl methyl sites for hydroxylation is 1. The Balaban J connectivity index is 0.984. The molecule has 0 radical (unpaired) electrons. The molecule has 0 saturated carbocycles. The molecule has 282 valence electrons. The van der Waals surface area contributed by atoms with Gasteiger partial charge in [-0.05, 0) is 75.9 Å². The van der Waals surface area contributed by atoms with Crippen LogP contribution in [-0.4, -0.2) is 24.9 Å². The Bertz CT molecular complexity index is 3150. The lowest BCUT2D eigenvalue weighted by atomic mass is 9.96. The number of fused-ring (bicyclic) bond motifs is 4. The van der Waals surface area contributed by atoms with Gasteiger partial charge in [-0.1, -0.05) is 154 Å². The summed E-state index contributed by atoms with van der Waals surface area (Å²) in [5, 5.41) is 4.58. The van der Waals surface area contributed by atoms with Gasteiger partial charge in [0, 0.05) is 56.5 Å². The van der Waals surface area contributed by atoms with Crippen LogP contribution in [0.15, 0.2) is 176 Å². The van der Waals surface area contributed by atoms with Crippen LogP contribution >= 0.6 is 0 Å². The van der Waals surface area contributed by atoms with Crippen LogP contribution in [0.2, 0.25) is 0 Å². The zero-order valence-corrected chi connectivity index (χ0v) is 33.3. The number of rotatable bonds is 8. The lowest BCUT2D eigenvalue weighted by molar-refractivity contribution is 0.830. The van der Waals surface area contributed by atoms with Gasteiger partial charge in [0.15, 0.2) is 5.82 Å². The maximum atomic E-state index is 5.24. The second kappa shape index (κ2) is 15.2. The largest absolute Gasteiger partial charge is 0.264 e. The molecule has 10 rings (SSSR count). The maximum absolute atomic E-state index is 5.24. The fourth-order valence-electron chi connectivity index (χ4n) is 8.06. The minimum Gasteiger partial charge on any atom is -0.264 e. The molecule has 0 fully saturated rings. The number of aromatic nitrogens is 5. The summed E-state index contributed by atoms with van der Waals surface area (Å²) in [5.41, 5.74) is 15.6. The molecule has 5 nitrogen and oxygen atoms in total. The molecule has 0 aliphatic carbocycles. The third-order valence-electron chi connectivity index (χ3n) is 11.3. The molecule has 0 atom stereocenters. The average molecular weight is 760 g/mol. The summed E-state index contributed by atoms with van der Waals surface area (Å²) >= 11 is 0. The number of hydrogen-bond donors (Lipinski definition) is 0. The molecular formula is C54H41N5. The van der Waals surface area contributed by atoms with Crippen molar-refractivity contribution >= 4 is 32.6 Å². The number of nitrogens with zero attached hydrogens (tertiary/aromatic N) is 5. The summed E-state index contributed by atoms with van der Waals surface area (Å²) < 4.78 is 0. The first-order valence-electron chi connectivity index (χ1n) is 20.3. The standard InChI is InChI=1S/C54H41N5/c1-4-35-31-49(57-53-46(35)26-24-41-25-27-48(34(2)3)56-52(41)53)39-20-16-36(17-21-39)37-18-22-40(23-19-37)50-32-51(59-54(58-50)42-10-6-5-7-11-42)44-14-8-13-43(30-44)45-15-9-12-38-28-29-55-33-47(38)45/h5-34H,4H2,1-3H3. The molecule has 59 heavy (non-hydrogen) atoms. The van der Waals surface area contributed by atoms with Crippen molar-refractivity contribution in [1.82, 2.24) is 24.9 Å². The Morgan fingerprint density at radius 3 is 1.81 bits per heavy atom. The van der Waals surface area contributed by atoms with E-state index >= 15 is 0 Å². The molecular weight excluding hydrogens is 719 g/mol. The zero-order valence-electron chi connectivity index (χ0n) is 33.3. The SMILES string of the molecule is CCc1cc(-c2ccc(-c3ccc(-c4cc(-c5cccc(-c6cccc7ccncc67)c5)nc(-c5ccccc5)n4)cc3)cc2)nc2c1ccc1ccc(C(C)C)nc12. The van der Waals surface area contributed by atoms with Crippen molar-refractivity contribution in [1.29, 1.82) is 0 Å². The van der Waals surface area contributed by atoms with E-state index in [1.807, 2.05) is 30.6 Å². The fraction of sp³-hybridized carbons (Fsp3) is 0.0926. The summed E-state index contributed by atoms with van der Waals surface area (Å²) in [5.74, 6) is 1.04. The Labute approximate surface area is 344 Å². The van der Waals surface area contributed by atoms with E-state index < -0.39 is 0 Å². The van der Waals surface area contributed by atoms with Gasteiger partial charge >= 0.3 is 0 Å². The van der Waals surface area contributed by atoms with E-state index in [0.29, 0.717) is 11.7 Å². The van der Waals surface area contributed by atoms with Crippen molar-refractivity contribution in [2.24, 2.45) is 0 Å². The first kappa shape index (κ1) is 36.0. The summed E-state index contributed by atoms with van der Waals surface area (Å²) in [6.45, 7) is 6.58. The van der Waals surface area contributed by atoms with Gasteiger partial charge in [-0.2, -0.15) is 0 Å². The monoisotopic (exact) mass is 759 g/mol. The molecule has 0 N–H and O–H groups in total. The van der Waals surface area contributed by atoms with Crippen molar-refractivity contribution in [2.45, 2.75) is 33.1 Å². The number of benzene rings is 6. The Morgan fingerprint density at radius 1 is 0.441 bits per heavy atom. The molecule has 0 spiro atoms. The zero-order chi connectivity index (χ0) is 39.9. The van der Waals surface area contributed by atoms with Gasteiger partial charge in [-0.25, -0.2) is 15.0 Å². The average Bonchev–Trinajstić information content (AvgIpc) is 3.31. The molecule has 4 heterocycles. The Kier molecular flexibility index (Phi) is 9.26. The van der Waals surface area contributed by atoms with E-state index in [0.717, 1.165) is 101 Å². The molecule has 4 aromatic heterocycles. The van der Waals surface area contributed by atoms with Gasteiger partial charge in [-0.3, -0.25) is 9.97 Å². The molecule has 0 saturated heterocycles. The van der Waals surface area contributed by atoms with Crippen LogP contribution in [0, 0.1) is 0 Å². The van der Waals surface area contributed by atoms with Crippen LogP contribution in [0.4, 0.5) is 0 Å². The summed E-state index contributed by atoms with van der Waals surface area (Å²) in [6, 6.07) is 57.7. The quantitative estimate of drug-likeness (QED) is 0.144. The van der Waals surface area contributed by atoms with Crippen LogP contribution in [0.3, 0.4) is 0 Å². The second-order valence-corrected chi connectivity index (χ2v) is 15.4. The van der Waals surface area contributed by atoms with Crippen LogP contribution in [0.25, 0.3) is 100.0 Å². The smallest absolute Gasteiger partial charge is 0.160 e. The van der Waals surface area contributed by atoms with Gasteiger partial charge in [0.05, 0.1) is 28.1 Å². The summed E-state index contributed by atoms with van der Waals surface area (Å²) in [7, 11) is 0. The molecule has 0 amide bonds. The van der Waals surface area contributed by atoms with Crippen molar-refractivity contribution in [3.8, 4) is 67.4 Å². The number of hydrogen-bond acceptors (Lipinski definition) is 5. The lowest BCUT2D eigenvalue weighted by Crippen LogP contribution is -1.97. The van der Waals surface area contributed by atoms with Crippen molar-refractivity contribution in [2.75, 3.05) is 0 Å². The van der Waals surface area contributed by atoms with Gasteiger partial charge in [0.2, 0.25) is 0 Å². The molecule has 0 bridgehead atoms. The normalized spacial score (nSPS) is 11.5. The van der Waals surface area contributed by atoms with E-state index in [-0.39, 0.29) is 0 Å². The summed E-state index contributed by atoms with van der Waals surface area (Å²) in [4.78, 5) is 25.0. The molecule has 0 aliphatic rings. The lowest BCUT2D eigenvalue weighted by Gasteiger charge is -2.13. The van der Waals surface area contributed by atoms with Gasteiger partial charge in [0.25, 0.3) is 0 Å². The highest BCUT2D eigenvalue weighted by atomic mass is 14.9. The van der Waals surface area contributed by atoms with Crippen LogP contribution in [0.5, 0.6) is 0 Å². The van der Waals surface area contributed by atoms with Gasteiger partial charge in [0.1, 0.15) is 0 Å². The molecule has 6 aromatic carbocycles. The predicted octanol–water partition coefficient (Wildman–Crippen LogP) is 13.8. The van der Waals surface area contributed by atoms with Crippen LogP contribution in [-0.2, 0) is 6.42 Å². The highest BCUT2D eigenvalue weighted by molar-refractivity contribution is 6.05. The molecule has 0 aliphatic heterocycles. The maximum Gasteiger partial charge on any atom is 0.160 e. The molecule has 10 aromatic rings. The first-order chi connectivity index (χ1) is 29.0. The highest BCUT2D eigenvalue weighted by Crippen LogP contribution is 2.35. The predicted molar refractivity (Wildman–Crippen MR) is 244 cm³/mol. The number of pyridine rings is 3. The van der Waals surface area contributed by atoms with Crippen molar-refractivity contribution in [3.05, 3.63) is 187 Å². The summed E-state index contributed by atoms with van der Waals surface area (Å²) in [6.07, 6.45) is 4.70. The topological polar surface area (TPSA) is 64.5 Å². The first-order valence-corrected chi connectivity index (χ1v) is 20.3. The van der Waals surface area contributed by atoms with E-state index in [4.69, 9.17) is 19.9 Å². The molecule has 5 heteroatoms. The second-order valence-electron chi connectivity index (χ2n) is 15.4. The van der Waals surface area contributed by atoms with E-state index in [1.54, 1.807) is 0 Å². The minimum atomic E-state index is 0.346. The highest BCUT2D eigenvalue weighted by Gasteiger charge is 2.15. The van der Waals surface area contributed by atoms with Gasteiger partial charge in [-0.15, -0.1) is 0 Å². The Morgan fingerprint density at radius 2 is 1.08 bits per heavy atom. The van der Waals surface area contributed by atoms with Crippen molar-refractivity contribution < 1.29 is 0 Å². The van der Waals surface area contributed by atoms with E-state index in [2.05, 4.69) is 171 Å². The van der Waals surface area contributed by atoms with Crippen molar-refractivity contribution in [3.63, 3.8) is 0 Å². The third kappa shape index (κ3) is 6.91. The van der Waals surface area contributed by atoms with E-state index in [1.165, 1.54) is 10.9 Å².